The Balaban J connectivity index is 1.50. The maximum absolute atomic E-state index is 13.9. The number of hydrogen-bond acceptors (Lipinski definition) is 4. The SMILES string of the molecule is O=C(CN1CCC(O)(c2ccccc2F)CC1)NCc1ccco1. The molecular formula is C18H21FN2O3. The summed E-state index contributed by atoms with van der Waals surface area (Å²) < 4.78 is 19.1. The smallest absolute Gasteiger partial charge is 0.234 e. The molecule has 1 fully saturated rings. The normalized spacial score (nSPS) is 17.6. The van der Waals surface area contributed by atoms with Crippen LogP contribution in [0.4, 0.5) is 4.39 Å². The largest absolute Gasteiger partial charge is 0.467 e. The molecule has 1 aliphatic rings. The Labute approximate surface area is 140 Å². The fourth-order valence-electron chi connectivity index (χ4n) is 3.05. The lowest BCUT2D eigenvalue weighted by Gasteiger charge is -2.38. The Bertz CT molecular complexity index is 679. The summed E-state index contributed by atoms with van der Waals surface area (Å²) in [5.41, 5.74) is -0.820. The first kappa shape index (κ1) is 16.7. The summed E-state index contributed by atoms with van der Waals surface area (Å²) in [6, 6.07) is 9.90. The molecule has 3 rings (SSSR count). The van der Waals surface area contributed by atoms with Crippen LogP contribution in [0.3, 0.4) is 0 Å². The third-order valence-corrected chi connectivity index (χ3v) is 4.47. The third kappa shape index (κ3) is 3.83. The molecule has 24 heavy (non-hydrogen) atoms. The lowest BCUT2D eigenvalue weighted by molar-refractivity contribution is -0.123. The van der Waals surface area contributed by atoms with E-state index >= 15 is 0 Å². The molecule has 0 radical (unpaired) electrons. The molecule has 2 aromatic rings. The molecule has 1 aliphatic heterocycles. The number of aliphatic hydroxyl groups is 1. The zero-order chi connectivity index (χ0) is 17.0. The number of benzene rings is 1. The minimum atomic E-state index is -1.16. The van der Waals surface area contributed by atoms with Crippen LogP contribution in [0.25, 0.3) is 0 Å². The number of carbonyl (C=O) groups excluding carboxylic acids is 1. The van der Waals surface area contributed by atoms with Crippen LogP contribution in [0.2, 0.25) is 0 Å². The molecule has 0 saturated carbocycles. The van der Waals surface area contributed by atoms with E-state index in [2.05, 4.69) is 5.32 Å². The molecule has 1 aromatic carbocycles. The first-order chi connectivity index (χ1) is 11.6. The predicted octanol–water partition coefficient (Wildman–Crippen LogP) is 2.02. The van der Waals surface area contributed by atoms with Gasteiger partial charge in [-0.25, -0.2) is 4.39 Å². The molecule has 1 amide bonds. The molecule has 0 bridgehead atoms. The van der Waals surface area contributed by atoms with E-state index in [-0.39, 0.29) is 18.3 Å². The molecule has 5 nitrogen and oxygen atoms in total. The lowest BCUT2D eigenvalue weighted by Crippen LogP contribution is -2.46. The second-order valence-corrected chi connectivity index (χ2v) is 6.14. The minimum absolute atomic E-state index is 0.0947. The van der Waals surface area contributed by atoms with Gasteiger partial charge in [-0.15, -0.1) is 0 Å². The molecular weight excluding hydrogens is 311 g/mol. The lowest BCUT2D eigenvalue weighted by atomic mass is 9.84. The van der Waals surface area contributed by atoms with E-state index in [9.17, 15) is 14.3 Å². The van der Waals surface area contributed by atoms with Gasteiger partial charge in [0.05, 0.1) is 25.0 Å². The Hall–Kier alpha value is -2.18. The average molecular weight is 332 g/mol. The van der Waals surface area contributed by atoms with Gasteiger partial charge in [0, 0.05) is 18.7 Å². The van der Waals surface area contributed by atoms with E-state index < -0.39 is 5.60 Å². The van der Waals surface area contributed by atoms with E-state index in [1.165, 1.54) is 6.07 Å². The van der Waals surface area contributed by atoms with Gasteiger partial charge in [0.25, 0.3) is 0 Å². The van der Waals surface area contributed by atoms with Crippen LogP contribution >= 0.6 is 0 Å². The quantitative estimate of drug-likeness (QED) is 0.879. The summed E-state index contributed by atoms with van der Waals surface area (Å²) >= 11 is 0. The first-order valence-corrected chi connectivity index (χ1v) is 8.06. The van der Waals surface area contributed by atoms with Gasteiger partial charge in [0.1, 0.15) is 11.6 Å². The summed E-state index contributed by atoms with van der Waals surface area (Å²) in [6.07, 6.45) is 2.37. The zero-order valence-corrected chi connectivity index (χ0v) is 13.4. The molecule has 0 unspecified atom stereocenters. The van der Waals surface area contributed by atoms with Crippen molar-refractivity contribution in [1.29, 1.82) is 0 Å². The van der Waals surface area contributed by atoms with Crippen molar-refractivity contribution in [3.05, 3.63) is 59.8 Å². The fourth-order valence-corrected chi connectivity index (χ4v) is 3.05. The number of piperidine rings is 1. The zero-order valence-electron chi connectivity index (χ0n) is 13.4. The molecule has 0 aliphatic carbocycles. The van der Waals surface area contributed by atoms with Crippen LogP contribution < -0.4 is 5.32 Å². The number of likely N-dealkylation sites (tertiary alicyclic amines) is 1. The van der Waals surface area contributed by atoms with Crippen LogP contribution in [0.1, 0.15) is 24.2 Å². The van der Waals surface area contributed by atoms with E-state index in [1.54, 1.807) is 36.6 Å². The number of carbonyl (C=O) groups is 1. The number of rotatable bonds is 5. The van der Waals surface area contributed by atoms with E-state index in [4.69, 9.17) is 4.42 Å². The second kappa shape index (κ2) is 7.15. The maximum atomic E-state index is 13.9. The molecule has 2 heterocycles. The van der Waals surface area contributed by atoms with Crippen LogP contribution in [-0.4, -0.2) is 35.5 Å². The Morgan fingerprint density at radius 1 is 1.25 bits per heavy atom. The fraction of sp³-hybridized carbons (Fsp3) is 0.389. The highest BCUT2D eigenvalue weighted by Crippen LogP contribution is 2.34. The van der Waals surface area contributed by atoms with Crippen molar-refractivity contribution in [1.82, 2.24) is 10.2 Å². The maximum Gasteiger partial charge on any atom is 0.234 e. The number of nitrogens with one attached hydrogen (secondary N) is 1. The molecule has 128 valence electrons. The van der Waals surface area contributed by atoms with Gasteiger partial charge in [0.15, 0.2) is 0 Å². The van der Waals surface area contributed by atoms with Gasteiger partial charge in [-0.05, 0) is 31.0 Å². The van der Waals surface area contributed by atoms with Gasteiger partial charge in [-0.3, -0.25) is 9.69 Å². The van der Waals surface area contributed by atoms with Crippen molar-refractivity contribution < 1.29 is 18.7 Å². The highest BCUT2D eigenvalue weighted by atomic mass is 19.1. The van der Waals surface area contributed by atoms with Gasteiger partial charge in [-0.1, -0.05) is 18.2 Å². The van der Waals surface area contributed by atoms with Gasteiger partial charge >= 0.3 is 0 Å². The summed E-state index contributed by atoms with van der Waals surface area (Å²) in [4.78, 5) is 13.9. The van der Waals surface area contributed by atoms with Crippen LogP contribution in [0.15, 0.2) is 47.1 Å². The molecule has 6 heteroatoms. The average Bonchev–Trinajstić information content (AvgIpc) is 3.09. The van der Waals surface area contributed by atoms with Crippen molar-refractivity contribution >= 4 is 5.91 Å². The number of nitrogens with zero attached hydrogens (tertiary/aromatic N) is 1. The third-order valence-electron chi connectivity index (χ3n) is 4.47. The monoisotopic (exact) mass is 332 g/mol. The van der Waals surface area contributed by atoms with Gasteiger partial charge in [0.2, 0.25) is 5.91 Å². The van der Waals surface area contributed by atoms with Crippen molar-refractivity contribution in [2.24, 2.45) is 0 Å². The summed E-state index contributed by atoms with van der Waals surface area (Å²) in [7, 11) is 0. The molecule has 1 saturated heterocycles. The molecule has 0 spiro atoms. The summed E-state index contributed by atoms with van der Waals surface area (Å²) in [6.45, 7) is 1.70. The highest BCUT2D eigenvalue weighted by Gasteiger charge is 2.36. The summed E-state index contributed by atoms with van der Waals surface area (Å²) in [5, 5.41) is 13.5. The van der Waals surface area contributed by atoms with E-state index in [1.807, 2.05) is 4.90 Å². The second-order valence-electron chi connectivity index (χ2n) is 6.14. The van der Waals surface area contributed by atoms with Gasteiger partial charge < -0.3 is 14.8 Å². The van der Waals surface area contributed by atoms with Crippen molar-refractivity contribution in [2.75, 3.05) is 19.6 Å². The van der Waals surface area contributed by atoms with Crippen LogP contribution in [0, 0.1) is 5.82 Å². The van der Waals surface area contributed by atoms with Crippen LogP contribution in [0.5, 0.6) is 0 Å². The molecule has 2 N–H and O–H groups in total. The topological polar surface area (TPSA) is 65.7 Å². The van der Waals surface area contributed by atoms with Gasteiger partial charge in [-0.2, -0.15) is 0 Å². The van der Waals surface area contributed by atoms with E-state index in [0.717, 1.165) is 0 Å². The van der Waals surface area contributed by atoms with Crippen molar-refractivity contribution in [3.63, 3.8) is 0 Å². The van der Waals surface area contributed by atoms with Crippen LogP contribution in [-0.2, 0) is 16.9 Å². The van der Waals surface area contributed by atoms with Crippen molar-refractivity contribution in [2.45, 2.75) is 25.0 Å². The van der Waals surface area contributed by atoms with Crippen molar-refractivity contribution in [3.8, 4) is 0 Å². The number of halogens is 1. The standard InChI is InChI=1S/C18H21FN2O3/c19-16-6-2-1-5-15(16)18(23)7-9-21(10-8-18)13-17(22)20-12-14-4-3-11-24-14/h1-6,11,23H,7-10,12-13H2,(H,20,22). The Morgan fingerprint density at radius 2 is 2.00 bits per heavy atom. The van der Waals surface area contributed by atoms with E-state index in [0.29, 0.717) is 43.8 Å². The first-order valence-electron chi connectivity index (χ1n) is 8.06. The molecule has 1 aromatic heterocycles. The highest BCUT2D eigenvalue weighted by molar-refractivity contribution is 5.77. The molecule has 0 atom stereocenters. The summed E-state index contributed by atoms with van der Waals surface area (Å²) in [5.74, 6) is 0.225. The number of amides is 1. The minimum Gasteiger partial charge on any atom is -0.467 e. The predicted molar refractivity (Wildman–Crippen MR) is 86.5 cm³/mol. The number of furan rings is 1. The number of hydrogen-bond donors (Lipinski definition) is 2. The Morgan fingerprint density at radius 3 is 2.67 bits per heavy atom. The Kier molecular flexibility index (Phi) is 4.97.